The molecule has 2 atom stereocenters. The first-order chi connectivity index (χ1) is 11.7. The number of nitrogens with zero attached hydrogens (tertiary/aromatic N) is 2. The molecule has 0 aliphatic carbocycles. The van der Waals surface area contributed by atoms with Gasteiger partial charge in [0.05, 0.1) is 17.1 Å². The molecule has 3 rings (SSSR count). The van der Waals surface area contributed by atoms with Crippen LogP contribution < -0.4 is 10.6 Å². The molecule has 7 nitrogen and oxygen atoms in total. The molecule has 2 N–H and O–H groups in total. The summed E-state index contributed by atoms with van der Waals surface area (Å²) < 4.78 is 19.9. The number of anilines is 1. The third-order valence-corrected chi connectivity index (χ3v) is 3.78. The molecule has 0 radical (unpaired) electrons. The van der Waals surface area contributed by atoms with Crippen molar-refractivity contribution in [3.05, 3.63) is 24.4 Å². The molecule has 1 fully saturated rings. The summed E-state index contributed by atoms with van der Waals surface area (Å²) in [6.07, 6.45) is 0.228. The Morgan fingerprint density at radius 1 is 1.36 bits per heavy atom. The molecule has 0 saturated carbocycles. The van der Waals surface area contributed by atoms with Crippen LogP contribution in [-0.4, -0.2) is 45.9 Å². The van der Waals surface area contributed by atoms with E-state index in [2.05, 4.69) is 15.6 Å². The lowest BCUT2D eigenvalue weighted by Gasteiger charge is -2.19. The summed E-state index contributed by atoms with van der Waals surface area (Å²) >= 11 is 0. The van der Waals surface area contributed by atoms with Crippen LogP contribution >= 0.6 is 0 Å². The minimum absolute atomic E-state index is 0.156. The molecule has 1 saturated heterocycles. The van der Waals surface area contributed by atoms with Crippen molar-refractivity contribution >= 4 is 28.9 Å². The third-order valence-electron chi connectivity index (χ3n) is 3.78. The number of fused-ring (bicyclic) bond motifs is 1. The Bertz CT molecular complexity index is 812. The van der Waals surface area contributed by atoms with Crippen LogP contribution in [0.2, 0.25) is 0 Å². The van der Waals surface area contributed by atoms with Crippen LogP contribution in [0.15, 0.2) is 24.4 Å². The maximum absolute atomic E-state index is 13.2. The molecule has 25 heavy (non-hydrogen) atoms. The Morgan fingerprint density at radius 2 is 2.12 bits per heavy atom. The summed E-state index contributed by atoms with van der Waals surface area (Å²) in [5.74, 6) is 0.0297. The number of alkyl halides is 1. The van der Waals surface area contributed by atoms with Gasteiger partial charge in [-0.1, -0.05) is 0 Å². The van der Waals surface area contributed by atoms with Gasteiger partial charge >= 0.3 is 6.09 Å². The second kappa shape index (κ2) is 6.44. The highest BCUT2D eigenvalue weighted by molar-refractivity contribution is 5.96. The van der Waals surface area contributed by atoms with E-state index in [9.17, 15) is 14.0 Å². The van der Waals surface area contributed by atoms with E-state index in [0.717, 1.165) is 0 Å². The summed E-state index contributed by atoms with van der Waals surface area (Å²) in [4.78, 5) is 28.6. The van der Waals surface area contributed by atoms with Gasteiger partial charge in [0, 0.05) is 19.2 Å². The Morgan fingerprint density at radius 3 is 2.76 bits per heavy atom. The summed E-state index contributed by atoms with van der Waals surface area (Å²) in [6.45, 7) is 5.56. The van der Waals surface area contributed by atoms with Crippen molar-refractivity contribution in [2.75, 3.05) is 11.9 Å². The van der Waals surface area contributed by atoms with Gasteiger partial charge in [-0.2, -0.15) is 0 Å². The third kappa shape index (κ3) is 3.96. The zero-order valence-electron chi connectivity index (χ0n) is 14.4. The predicted molar refractivity (Wildman–Crippen MR) is 91.3 cm³/mol. The maximum Gasteiger partial charge on any atom is 0.419 e. The van der Waals surface area contributed by atoms with Gasteiger partial charge in [-0.25, -0.2) is 14.2 Å². The molecule has 8 heteroatoms. The zero-order chi connectivity index (χ0) is 18.2. The molecule has 0 spiro atoms. The molecule has 1 aliphatic heterocycles. The number of pyridine rings is 1. The topological polar surface area (TPSA) is 85.2 Å². The number of carbonyl (C=O) groups is 2. The minimum Gasteiger partial charge on any atom is -0.443 e. The molecule has 134 valence electrons. The van der Waals surface area contributed by atoms with Crippen molar-refractivity contribution in [2.45, 2.75) is 45.0 Å². The highest BCUT2D eigenvalue weighted by Crippen LogP contribution is 2.19. The van der Waals surface area contributed by atoms with Gasteiger partial charge in [-0.15, -0.1) is 0 Å². The van der Waals surface area contributed by atoms with E-state index in [1.165, 1.54) is 4.57 Å². The van der Waals surface area contributed by atoms with Crippen LogP contribution in [0.1, 0.15) is 27.2 Å². The number of halogens is 1. The van der Waals surface area contributed by atoms with Crippen LogP contribution in [0.5, 0.6) is 0 Å². The van der Waals surface area contributed by atoms with Crippen LogP contribution in [0.3, 0.4) is 0 Å². The van der Waals surface area contributed by atoms with E-state index in [4.69, 9.17) is 4.74 Å². The van der Waals surface area contributed by atoms with Crippen LogP contribution in [0, 0.1) is 0 Å². The molecular formula is C17H21FN4O3. The molecule has 1 amide bonds. The molecule has 2 aromatic rings. The largest absolute Gasteiger partial charge is 0.443 e. The van der Waals surface area contributed by atoms with E-state index < -0.39 is 23.9 Å². The SMILES string of the molecule is CC(C)(C)OC(=O)n1ccc2nc(NC(=O)C3C[C@@H](F)CN3)ccc21. The Balaban J connectivity index is 1.75. The van der Waals surface area contributed by atoms with E-state index in [0.29, 0.717) is 16.9 Å². The predicted octanol–water partition coefficient (Wildman–Crippen LogP) is 2.46. The second-order valence-electron chi connectivity index (χ2n) is 7.05. The average Bonchev–Trinajstić information content (AvgIpc) is 3.11. The number of nitrogens with one attached hydrogen (secondary N) is 2. The summed E-state index contributed by atoms with van der Waals surface area (Å²) in [7, 11) is 0. The number of aromatic nitrogens is 2. The molecule has 2 aromatic heterocycles. The number of hydrogen-bond donors (Lipinski definition) is 2. The fraction of sp³-hybridized carbons (Fsp3) is 0.471. The Hall–Kier alpha value is -2.48. The first-order valence-electron chi connectivity index (χ1n) is 8.13. The van der Waals surface area contributed by atoms with Gasteiger partial charge < -0.3 is 15.4 Å². The monoisotopic (exact) mass is 348 g/mol. The van der Waals surface area contributed by atoms with Gasteiger partial charge in [0.25, 0.3) is 0 Å². The first-order valence-corrected chi connectivity index (χ1v) is 8.13. The molecule has 1 aliphatic rings. The normalized spacial score (nSPS) is 20.6. The van der Waals surface area contributed by atoms with E-state index in [-0.39, 0.29) is 18.9 Å². The Labute approximate surface area is 144 Å². The minimum atomic E-state index is -1.01. The van der Waals surface area contributed by atoms with Gasteiger partial charge in [-0.3, -0.25) is 9.36 Å². The van der Waals surface area contributed by atoms with Gasteiger partial charge in [0.2, 0.25) is 5.91 Å². The van der Waals surface area contributed by atoms with Crippen molar-refractivity contribution in [3.8, 4) is 0 Å². The quantitative estimate of drug-likeness (QED) is 0.871. The van der Waals surface area contributed by atoms with Crippen LogP contribution in [0.25, 0.3) is 11.0 Å². The van der Waals surface area contributed by atoms with Crippen LogP contribution in [-0.2, 0) is 9.53 Å². The second-order valence-corrected chi connectivity index (χ2v) is 7.05. The fourth-order valence-corrected chi connectivity index (χ4v) is 2.66. The molecule has 3 heterocycles. The molecule has 1 unspecified atom stereocenters. The lowest BCUT2D eigenvalue weighted by atomic mass is 10.2. The first kappa shape index (κ1) is 17.3. The highest BCUT2D eigenvalue weighted by Gasteiger charge is 2.29. The number of rotatable bonds is 2. The standard InChI is InChI=1S/C17H21FN4O3/c1-17(2,3)25-16(24)22-7-6-11-13(22)4-5-14(20-11)21-15(23)12-8-10(18)9-19-12/h4-7,10,12,19H,8-9H2,1-3H3,(H,20,21,23)/t10-,12?/m1/s1. The maximum atomic E-state index is 13.2. The van der Waals surface area contributed by atoms with Gasteiger partial charge in [0.15, 0.2) is 0 Å². The molecular weight excluding hydrogens is 327 g/mol. The van der Waals surface area contributed by atoms with Gasteiger partial charge in [0.1, 0.15) is 17.6 Å². The summed E-state index contributed by atoms with van der Waals surface area (Å²) in [5, 5.41) is 5.49. The summed E-state index contributed by atoms with van der Waals surface area (Å²) in [5.41, 5.74) is 0.527. The smallest absolute Gasteiger partial charge is 0.419 e. The van der Waals surface area contributed by atoms with Crippen molar-refractivity contribution in [1.29, 1.82) is 0 Å². The molecule has 0 aromatic carbocycles. The van der Waals surface area contributed by atoms with Crippen molar-refractivity contribution in [1.82, 2.24) is 14.9 Å². The van der Waals surface area contributed by atoms with Crippen molar-refractivity contribution < 1.29 is 18.7 Å². The number of amides is 1. The van der Waals surface area contributed by atoms with Crippen LogP contribution in [0.4, 0.5) is 15.0 Å². The Kier molecular flexibility index (Phi) is 4.47. The van der Waals surface area contributed by atoms with E-state index in [1.807, 2.05) is 0 Å². The lowest BCUT2D eigenvalue weighted by Crippen LogP contribution is -2.35. The number of ether oxygens (including phenoxy) is 1. The number of carbonyl (C=O) groups excluding carboxylic acids is 2. The summed E-state index contributed by atoms with van der Waals surface area (Å²) in [6, 6.07) is 4.39. The average molecular weight is 348 g/mol. The number of hydrogen-bond acceptors (Lipinski definition) is 5. The highest BCUT2D eigenvalue weighted by atomic mass is 19.1. The van der Waals surface area contributed by atoms with Crippen molar-refractivity contribution in [3.63, 3.8) is 0 Å². The lowest BCUT2D eigenvalue weighted by molar-refractivity contribution is -0.117. The van der Waals surface area contributed by atoms with E-state index in [1.54, 1.807) is 45.2 Å². The van der Waals surface area contributed by atoms with Gasteiger partial charge in [-0.05, 0) is 39.0 Å². The fourth-order valence-electron chi connectivity index (χ4n) is 2.66. The zero-order valence-corrected chi connectivity index (χ0v) is 14.4. The van der Waals surface area contributed by atoms with Crippen molar-refractivity contribution in [2.24, 2.45) is 0 Å². The molecule has 0 bridgehead atoms. The van der Waals surface area contributed by atoms with E-state index >= 15 is 0 Å².